The fourth-order valence-corrected chi connectivity index (χ4v) is 2.05. The summed E-state index contributed by atoms with van der Waals surface area (Å²) in [5.41, 5.74) is 3.67. The maximum absolute atomic E-state index is 5.91. The summed E-state index contributed by atoms with van der Waals surface area (Å²) in [6.45, 7) is 4.17. The quantitative estimate of drug-likeness (QED) is 0.799. The van der Waals surface area contributed by atoms with Crippen LogP contribution in [0.5, 0.6) is 5.75 Å². The van der Waals surface area contributed by atoms with Crippen LogP contribution in [0.3, 0.4) is 0 Å². The van der Waals surface area contributed by atoms with Gasteiger partial charge in [0.25, 0.3) is 0 Å². The lowest BCUT2D eigenvalue weighted by Crippen LogP contribution is -2.19. The van der Waals surface area contributed by atoms with Gasteiger partial charge in [0, 0.05) is 11.9 Å². The average Bonchev–Trinajstić information content (AvgIpc) is 2.26. The van der Waals surface area contributed by atoms with Crippen molar-refractivity contribution in [1.29, 1.82) is 0 Å². The standard InChI is InChI=1S/C12H18ClNO/c1-8-9(2)12(15-4)6-5-10(8)11(7-13)14-3/h5-6,11,14H,7H2,1-4H3. The van der Waals surface area contributed by atoms with E-state index in [1.54, 1.807) is 7.11 Å². The number of methoxy groups -OCH3 is 1. The van der Waals surface area contributed by atoms with Crippen LogP contribution in [0, 0.1) is 13.8 Å². The van der Waals surface area contributed by atoms with Crippen LogP contribution in [-0.2, 0) is 0 Å². The van der Waals surface area contributed by atoms with Crippen LogP contribution in [0.2, 0.25) is 0 Å². The second kappa shape index (κ2) is 5.38. The van der Waals surface area contributed by atoms with Crippen LogP contribution < -0.4 is 10.1 Å². The molecule has 0 aliphatic rings. The molecule has 0 bridgehead atoms. The van der Waals surface area contributed by atoms with Gasteiger partial charge in [0.2, 0.25) is 0 Å². The molecule has 1 aromatic rings. The van der Waals surface area contributed by atoms with Gasteiger partial charge in [0.1, 0.15) is 5.75 Å². The van der Waals surface area contributed by atoms with Gasteiger partial charge in [-0.3, -0.25) is 0 Å². The van der Waals surface area contributed by atoms with Gasteiger partial charge in [-0.25, -0.2) is 0 Å². The zero-order valence-electron chi connectivity index (χ0n) is 9.73. The number of rotatable bonds is 4. The molecule has 1 N–H and O–H groups in total. The Hall–Kier alpha value is -0.730. The minimum atomic E-state index is 0.205. The van der Waals surface area contributed by atoms with Gasteiger partial charge in [0.15, 0.2) is 0 Å². The van der Waals surface area contributed by atoms with Crippen molar-refractivity contribution in [3.05, 3.63) is 28.8 Å². The predicted octanol–water partition coefficient (Wildman–Crippen LogP) is 2.81. The van der Waals surface area contributed by atoms with Gasteiger partial charge in [0.05, 0.1) is 7.11 Å². The Morgan fingerprint density at radius 1 is 1.33 bits per heavy atom. The maximum atomic E-state index is 5.91. The predicted molar refractivity (Wildman–Crippen MR) is 65.0 cm³/mol. The lowest BCUT2D eigenvalue weighted by atomic mass is 9.97. The number of benzene rings is 1. The smallest absolute Gasteiger partial charge is 0.122 e. The molecular formula is C12H18ClNO. The number of halogens is 1. The zero-order valence-corrected chi connectivity index (χ0v) is 10.5. The average molecular weight is 228 g/mol. The Kier molecular flexibility index (Phi) is 4.43. The van der Waals surface area contributed by atoms with Crippen LogP contribution in [0.25, 0.3) is 0 Å². The molecule has 0 saturated heterocycles. The van der Waals surface area contributed by atoms with Crippen LogP contribution >= 0.6 is 11.6 Å². The third kappa shape index (κ3) is 2.44. The molecule has 0 fully saturated rings. The van der Waals surface area contributed by atoms with Crippen molar-refractivity contribution in [2.24, 2.45) is 0 Å². The number of hydrogen-bond donors (Lipinski definition) is 1. The second-order valence-electron chi connectivity index (χ2n) is 3.60. The molecule has 84 valence electrons. The number of nitrogens with one attached hydrogen (secondary N) is 1. The van der Waals surface area contributed by atoms with E-state index in [2.05, 4.69) is 25.2 Å². The fraction of sp³-hybridized carbons (Fsp3) is 0.500. The Morgan fingerprint density at radius 3 is 2.47 bits per heavy atom. The third-order valence-corrected chi connectivity index (χ3v) is 3.19. The molecule has 0 spiro atoms. The SMILES string of the molecule is CNC(CCl)c1ccc(OC)c(C)c1C. The highest BCUT2D eigenvalue weighted by atomic mass is 35.5. The van der Waals surface area contributed by atoms with Crippen molar-refractivity contribution >= 4 is 11.6 Å². The van der Waals surface area contributed by atoms with E-state index in [0.717, 1.165) is 5.75 Å². The molecule has 2 nitrogen and oxygen atoms in total. The Bertz CT molecular complexity index is 335. The van der Waals surface area contributed by atoms with E-state index in [1.165, 1.54) is 16.7 Å². The molecule has 0 amide bonds. The van der Waals surface area contributed by atoms with Gasteiger partial charge >= 0.3 is 0 Å². The molecule has 0 aromatic heterocycles. The summed E-state index contributed by atoms with van der Waals surface area (Å²) in [4.78, 5) is 0. The molecule has 1 aromatic carbocycles. The van der Waals surface area contributed by atoms with E-state index in [-0.39, 0.29) is 6.04 Å². The van der Waals surface area contributed by atoms with Crippen molar-refractivity contribution in [2.45, 2.75) is 19.9 Å². The number of alkyl halides is 1. The Labute approximate surface area is 96.6 Å². The van der Waals surface area contributed by atoms with Gasteiger partial charge in [-0.15, -0.1) is 11.6 Å². The van der Waals surface area contributed by atoms with E-state index in [4.69, 9.17) is 16.3 Å². The van der Waals surface area contributed by atoms with Crippen molar-refractivity contribution in [3.8, 4) is 5.75 Å². The summed E-state index contributed by atoms with van der Waals surface area (Å²) in [7, 11) is 3.62. The number of ether oxygens (including phenoxy) is 1. The van der Waals surface area contributed by atoms with Gasteiger partial charge < -0.3 is 10.1 Å². The first-order chi connectivity index (χ1) is 7.15. The monoisotopic (exact) mass is 227 g/mol. The summed E-state index contributed by atoms with van der Waals surface area (Å²) in [6.07, 6.45) is 0. The first-order valence-electron chi connectivity index (χ1n) is 5.03. The largest absolute Gasteiger partial charge is 0.496 e. The van der Waals surface area contributed by atoms with Gasteiger partial charge in [-0.2, -0.15) is 0 Å². The van der Waals surface area contributed by atoms with E-state index in [9.17, 15) is 0 Å². The van der Waals surface area contributed by atoms with E-state index < -0.39 is 0 Å². The zero-order chi connectivity index (χ0) is 11.4. The van der Waals surface area contributed by atoms with Crippen molar-refractivity contribution in [1.82, 2.24) is 5.32 Å². The molecular weight excluding hydrogens is 210 g/mol. The van der Waals surface area contributed by atoms with Gasteiger partial charge in [-0.05, 0) is 43.7 Å². The molecule has 1 unspecified atom stereocenters. The minimum Gasteiger partial charge on any atom is -0.496 e. The van der Waals surface area contributed by atoms with Crippen molar-refractivity contribution < 1.29 is 4.74 Å². The van der Waals surface area contributed by atoms with Crippen LogP contribution in [-0.4, -0.2) is 20.0 Å². The van der Waals surface area contributed by atoms with E-state index in [1.807, 2.05) is 13.1 Å². The first kappa shape index (κ1) is 12.3. The first-order valence-corrected chi connectivity index (χ1v) is 5.56. The summed E-state index contributed by atoms with van der Waals surface area (Å²) >= 11 is 5.91. The van der Waals surface area contributed by atoms with Gasteiger partial charge in [-0.1, -0.05) is 6.07 Å². The highest BCUT2D eigenvalue weighted by Gasteiger charge is 2.13. The topological polar surface area (TPSA) is 21.3 Å². The molecule has 15 heavy (non-hydrogen) atoms. The van der Waals surface area contributed by atoms with Crippen LogP contribution in [0.4, 0.5) is 0 Å². The Balaban J connectivity index is 3.16. The lowest BCUT2D eigenvalue weighted by molar-refractivity contribution is 0.411. The Morgan fingerprint density at radius 2 is 2.00 bits per heavy atom. The van der Waals surface area contributed by atoms with Crippen LogP contribution in [0.15, 0.2) is 12.1 Å². The van der Waals surface area contributed by atoms with E-state index >= 15 is 0 Å². The third-order valence-electron chi connectivity index (χ3n) is 2.88. The lowest BCUT2D eigenvalue weighted by Gasteiger charge is -2.19. The minimum absolute atomic E-state index is 0.205. The second-order valence-corrected chi connectivity index (χ2v) is 3.91. The highest BCUT2D eigenvalue weighted by Crippen LogP contribution is 2.28. The normalized spacial score (nSPS) is 12.6. The maximum Gasteiger partial charge on any atom is 0.122 e. The molecule has 1 atom stereocenters. The van der Waals surface area contributed by atoms with Crippen molar-refractivity contribution in [2.75, 3.05) is 20.0 Å². The van der Waals surface area contributed by atoms with Crippen LogP contribution in [0.1, 0.15) is 22.7 Å². The molecule has 1 rings (SSSR count). The van der Waals surface area contributed by atoms with Crippen molar-refractivity contribution in [3.63, 3.8) is 0 Å². The summed E-state index contributed by atoms with van der Waals surface area (Å²) in [5.74, 6) is 1.50. The summed E-state index contributed by atoms with van der Waals surface area (Å²) < 4.78 is 5.27. The summed E-state index contributed by atoms with van der Waals surface area (Å²) in [5, 5.41) is 3.20. The number of hydrogen-bond acceptors (Lipinski definition) is 2. The van der Waals surface area contributed by atoms with E-state index in [0.29, 0.717) is 5.88 Å². The molecule has 0 saturated carbocycles. The molecule has 3 heteroatoms. The molecule has 0 heterocycles. The fourth-order valence-electron chi connectivity index (χ4n) is 1.73. The molecule has 0 aliphatic heterocycles. The highest BCUT2D eigenvalue weighted by molar-refractivity contribution is 6.18. The summed E-state index contributed by atoms with van der Waals surface area (Å²) in [6, 6.07) is 4.27. The molecule has 0 radical (unpaired) electrons. The molecule has 0 aliphatic carbocycles.